The average Bonchev–Trinajstić information content (AvgIpc) is 2.51. The van der Waals surface area contributed by atoms with Gasteiger partial charge < -0.3 is 14.3 Å². The predicted octanol–water partition coefficient (Wildman–Crippen LogP) is 2.68. The highest BCUT2D eigenvalue weighted by Crippen LogP contribution is 2.17. The van der Waals surface area contributed by atoms with Gasteiger partial charge in [-0.1, -0.05) is 40.7 Å². The van der Waals surface area contributed by atoms with Gasteiger partial charge >= 0.3 is 11.9 Å². The summed E-state index contributed by atoms with van der Waals surface area (Å²) in [6.07, 6.45) is 0.814. The monoisotopic (exact) mass is 368 g/mol. The van der Waals surface area contributed by atoms with Crippen molar-refractivity contribution in [3.8, 4) is 5.75 Å². The summed E-state index contributed by atoms with van der Waals surface area (Å²) in [4.78, 5) is 33.5. The van der Waals surface area contributed by atoms with Crippen LogP contribution in [-0.4, -0.2) is 29.7 Å². The molecule has 0 N–H and O–H groups in total. The Morgan fingerprint density at radius 1 is 1.32 bits per heavy atom. The Morgan fingerprint density at radius 3 is 2.50 bits per heavy atom. The fourth-order valence-electron chi connectivity index (χ4n) is 1.50. The molecule has 5 nitrogen and oxygen atoms in total. The van der Waals surface area contributed by atoms with Crippen molar-refractivity contribution in [1.29, 1.82) is 0 Å². The van der Waals surface area contributed by atoms with Crippen LogP contribution in [0.25, 0.3) is 0 Å². The van der Waals surface area contributed by atoms with Crippen LogP contribution in [0, 0.1) is 5.92 Å². The Kier molecular flexibility index (Phi) is 7.52. The summed E-state index contributed by atoms with van der Waals surface area (Å²) in [6.45, 7) is 4.86. The first kappa shape index (κ1) is 18.1. The topological polar surface area (TPSA) is 69.7 Å². The van der Waals surface area contributed by atoms with Crippen LogP contribution < -0.4 is 4.74 Å². The maximum absolute atomic E-state index is 11.9. The van der Waals surface area contributed by atoms with Gasteiger partial charge in [0.05, 0.1) is 5.92 Å². The Balaban J connectivity index is 2.48. The number of carbonyl (C=O) groups is 3. The zero-order valence-corrected chi connectivity index (χ0v) is 13.7. The molecule has 22 heavy (non-hydrogen) atoms. The molecule has 0 radical (unpaired) electrons. The molecule has 1 rings (SSSR count). The molecule has 0 heterocycles. The third-order valence-electron chi connectivity index (χ3n) is 2.70. The van der Waals surface area contributed by atoms with Crippen molar-refractivity contribution >= 4 is 34.2 Å². The van der Waals surface area contributed by atoms with Crippen molar-refractivity contribution < 1.29 is 23.9 Å². The standard InChI is InChI=1S/C16H17BrO5/c1-11(2)15(19)21-10-12(9-18)8-14(17)16(20)22-13-6-4-3-5-7-13/h3-7,9,12,14H,1,8,10H2,2H3. The predicted molar refractivity (Wildman–Crippen MR) is 84.7 cm³/mol. The van der Waals surface area contributed by atoms with Gasteiger partial charge in [0.1, 0.15) is 23.5 Å². The molecule has 0 saturated carbocycles. The van der Waals surface area contributed by atoms with E-state index >= 15 is 0 Å². The molecule has 1 aromatic rings. The molecule has 0 aliphatic heterocycles. The lowest BCUT2D eigenvalue weighted by Crippen LogP contribution is -2.26. The largest absolute Gasteiger partial charge is 0.462 e. The van der Waals surface area contributed by atoms with E-state index in [0.29, 0.717) is 12.0 Å². The van der Waals surface area contributed by atoms with Gasteiger partial charge in [-0.05, 0) is 25.5 Å². The molecular weight excluding hydrogens is 352 g/mol. The van der Waals surface area contributed by atoms with Crippen LogP contribution in [0.5, 0.6) is 5.75 Å². The molecule has 0 fully saturated rings. The highest BCUT2D eigenvalue weighted by atomic mass is 79.9. The van der Waals surface area contributed by atoms with E-state index in [2.05, 4.69) is 22.5 Å². The number of aldehydes is 1. The lowest BCUT2D eigenvalue weighted by atomic mass is 10.1. The van der Waals surface area contributed by atoms with Crippen molar-refractivity contribution in [3.05, 3.63) is 42.5 Å². The number of ether oxygens (including phenoxy) is 2. The number of esters is 2. The summed E-state index contributed by atoms with van der Waals surface area (Å²) in [5, 5.41) is 0. The van der Waals surface area contributed by atoms with Crippen LogP contribution >= 0.6 is 15.9 Å². The van der Waals surface area contributed by atoms with Crippen molar-refractivity contribution in [2.45, 2.75) is 18.2 Å². The minimum absolute atomic E-state index is 0.101. The average molecular weight is 369 g/mol. The number of alkyl halides is 1. The van der Waals surface area contributed by atoms with Gasteiger partial charge in [-0.25, -0.2) is 4.79 Å². The third kappa shape index (κ3) is 6.22. The molecule has 1 aromatic carbocycles. The van der Waals surface area contributed by atoms with Gasteiger partial charge in [-0.3, -0.25) is 4.79 Å². The molecule has 0 aliphatic rings. The van der Waals surface area contributed by atoms with Crippen LogP contribution in [0.2, 0.25) is 0 Å². The summed E-state index contributed by atoms with van der Waals surface area (Å²) in [7, 11) is 0. The van der Waals surface area contributed by atoms with Gasteiger partial charge in [0.15, 0.2) is 0 Å². The minimum Gasteiger partial charge on any atom is -0.462 e. The van der Waals surface area contributed by atoms with Crippen LogP contribution in [-0.2, 0) is 19.1 Å². The number of halogens is 1. The number of hydrogen-bond donors (Lipinski definition) is 0. The lowest BCUT2D eigenvalue weighted by Gasteiger charge is -2.14. The van der Waals surface area contributed by atoms with E-state index in [-0.39, 0.29) is 18.6 Å². The second-order valence-electron chi connectivity index (χ2n) is 4.71. The first-order valence-corrected chi connectivity index (χ1v) is 7.54. The van der Waals surface area contributed by atoms with E-state index in [4.69, 9.17) is 9.47 Å². The van der Waals surface area contributed by atoms with Crippen LogP contribution in [0.4, 0.5) is 0 Å². The van der Waals surface area contributed by atoms with E-state index in [9.17, 15) is 14.4 Å². The van der Waals surface area contributed by atoms with Gasteiger partial charge in [0.2, 0.25) is 0 Å². The number of hydrogen-bond acceptors (Lipinski definition) is 5. The van der Waals surface area contributed by atoms with Gasteiger partial charge in [-0.15, -0.1) is 0 Å². The SMILES string of the molecule is C=C(C)C(=O)OCC(C=O)CC(Br)C(=O)Oc1ccccc1. The van der Waals surface area contributed by atoms with Crippen molar-refractivity contribution in [2.24, 2.45) is 5.92 Å². The maximum atomic E-state index is 11.9. The molecule has 0 amide bonds. The summed E-state index contributed by atoms with van der Waals surface area (Å²) in [6, 6.07) is 8.61. The highest BCUT2D eigenvalue weighted by molar-refractivity contribution is 9.10. The fraction of sp³-hybridized carbons (Fsp3) is 0.312. The molecular formula is C16H17BrO5. The van der Waals surface area contributed by atoms with Gasteiger partial charge in [0, 0.05) is 5.57 Å². The van der Waals surface area contributed by atoms with E-state index < -0.39 is 22.7 Å². The molecule has 0 aromatic heterocycles. The second-order valence-corrected chi connectivity index (χ2v) is 5.82. The molecule has 2 unspecified atom stereocenters. The first-order chi connectivity index (χ1) is 10.4. The van der Waals surface area contributed by atoms with E-state index in [1.165, 1.54) is 6.92 Å². The summed E-state index contributed by atoms with van der Waals surface area (Å²) < 4.78 is 10.1. The number of carbonyl (C=O) groups excluding carboxylic acids is 3. The van der Waals surface area contributed by atoms with Crippen molar-refractivity contribution in [2.75, 3.05) is 6.61 Å². The van der Waals surface area contributed by atoms with Crippen LogP contribution in [0.3, 0.4) is 0 Å². The maximum Gasteiger partial charge on any atom is 0.333 e. The normalized spacial score (nSPS) is 12.8. The lowest BCUT2D eigenvalue weighted by molar-refractivity contribution is -0.140. The van der Waals surface area contributed by atoms with Gasteiger partial charge in [0.25, 0.3) is 0 Å². The highest BCUT2D eigenvalue weighted by Gasteiger charge is 2.23. The third-order valence-corrected chi connectivity index (χ3v) is 3.44. The molecule has 6 heteroatoms. The molecule has 0 bridgehead atoms. The van der Waals surface area contributed by atoms with Gasteiger partial charge in [-0.2, -0.15) is 0 Å². The molecule has 0 aliphatic carbocycles. The quantitative estimate of drug-likeness (QED) is 0.232. The molecule has 2 atom stereocenters. The molecule has 0 saturated heterocycles. The minimum atomic E-state index is -0.675. The molecule has 0 spiro atoms. The Bertz CT molecular complexity index is 541. The molecule has 118 valence electrons. The van der Waals surface area contributed by atoms with Crippen molar-refractivity contribution in [3.63, 3.8) is 0 Å². The number of benzene rings is 1. The van der Waals surface area contributed by atoms with Crippen molar-refractivity contribution in [1.82, 2.24) is 0 Å². The van der Waals surface area contributed by atoms with Crippen LogP contribution in [0.1, 0.15) is 13.3 Å². The summed E-state index contributed by atoms with van der Waals surface area (Å²) >= 11 is 3.19. The summed E-state index contributed by atoms with van der Waals surface area (Å²) in [5.41, 5.74) is 0.253. The Labute approximate surface area is 137 Å². The summed E-state index contributed by atoms with van der Waals surface area (Å²) in [5.74, 6) is -1.25. The zero-order valence-electron chi connectivity index (χ0n) is 12.2. The number of para-hydroxylation sites is 1. The zero-order chi connectivity index (χ0) is 16.5. The number of rotatable bonds is 8. The van der Waals surface area contributed by atoms with E-state index in [1.807, 2.05) is 0 Å². The van der Waals surface area contributed by atoms with E-state index in [1.54, 1.807) is 30.3 Å². The Morgan fingerprint density at radius 2 is 1.95 bits per heavy atom. The van der Waals surface area contributed by atoms with E-state index in [0.717, 1.165) is 0 Å². The Hall–Kier alpha value is -1.95. The first-order valence-electron chi connectivity index (χ1n) is 6.62. The smallest absolute Gasteiger partial charge is 0.333 e. The fourth-order valence-corrected chi connectivity index (χ4v) is 2.07. The van der Waals surface area contributed by atoms with Crippen LogP contribution in [0.15, 0.2) is 42.5 Å². The second kappa shape index (κ2) is 9.15.